The molecule has 0 unspecified atom stereocenters. The molecule has 31 heavy (non-hydrogen) atoms. The highest BCUT2D eigenvalue weighted by Crippen LogP contribution is 2.39. The van der Waals surface area contributed by atoms with Crippen LogP contribution in [0.4, 0.5) is 5.13 Å². The van der Waals surface area contributed by atoms with E-state index in [1.807, 2.05) is 0 Å². The fraction of sp³-hybridized carbons (Fsp3) is 0.182. The second-order valence-electron chi connectivity index (χ2n) is 6.46. The Morgan fingerprint density at radius 2 is 1.81 bits per heavy atom. The van der Waals surface area contributed by atoms with Crippen molar-refractivity contribution in [3.63, 3.8) is 0 Å². The van der Waals surface area contributed by atoms with E-state index in [1.54, 1.807) is 67.8 Å². The number of benzene rings is 2. The fourth-order valence-electron chi connectivity index (χ4n) is 3.13. The second kappa shape index (κ2) is 8.87. The Kier molecular flexibility index (Phi) is 6.01. The smallest absolute Gasteiger partial charge is 0.260 e. The first kappa shape index (κ1) is 21.0. The van der Waals surface area contributed by atoms with Crippen molar-refractivity contribution in [3.05, 3.63) is 65.1 Å². The van der Waals surface area contributed by atoms with Crippen LogP contribution in [0.15, 0.2) is 53.1 Å². The van der Waals surface area contributed by atoms with Crippen molar-refractivity contribution >= 4 is 44.2 Å². The van der Waals surface area contributed by atoms with E-state index in [-0.39, 0.29) is 12.5 Å². The molecule has 0 saturated heterocycles. The maximum absolute atomic E-state index is 13.5. The molecule has 2 aromatic carbocycles. The molecule has 1 amide bonds. The predicted octanol–water partition coefficient (Wildman–Crippen LogP) is 5.42. The number of nitrogens with zero attached hydrogens (tertiary/aromatic N) is 2. The van der Waals surface area contributed by atoms with Gasteiger partial charge in [-0.2, -0.15) is 0 Å². The molecule has 0 atom stereocenters. The number of hydrogen-bond acceptors (Lipinski definition) is 7. The number of hydrogen-bond donors (Lipinski definition) is 0. The van der Waals surface area contributed by atoms with Crippen molar-refractivity contribution in [1.82, 2.24) is 4.98 Å². The highest BCUT2D eigenvalue weighted by Gasteiger charge is 2.25. The monoisotopic (exact) mass is 458 g/mol. The summed E-state index contributed by atoms with van der Waals surface area (Å²) in [6.07, 6.45) is 1.56. The number of ether oxygens (including phenoxy) is 3. The first-order valence-electron chi connectivity index (χ1n) is 9.25. The molecule has 7 nitrogen and oxygen atoms in total. The van der Waals surface area contributed by atoms with Gasteiger partial charge in [-0.1, -0.05) is 22.9 Å². The van der Waals surface area contributed by atoms with E-state index in [9.17, 15) is 4.79 Å². The highest BCUT2D eigenvalue weighted by atomic mass is 35.5. The van der Waals surface area contributed by atoms with E-state index < -0.39 is 0 Å². The van der Waals surface area contributed by atoms with Gasteiger partial charge in [0.15, 0.2) is 16.6 Å². The number of furan rings is 1. The van der Waals surface area contributed by atoms with Gasteiger partial charge in [-0.15, -0.1) is 0 Å². The van der Waals surface area contributed by atoms with Gasteiger partial charge in [0.2, 0.25) is 0 Å². The van der Waals surface area contributed by atoms with Crippen LogP contribution in [-0.2, 0) is 6.54 Å². The number of rotatable bonds is 7. The third kappa shape index (κ3) is 4.04. The van der Waals surface area contributed by atoms with Crippen molar-refractivity contribution in [3.8, 4) is 17.2 Å². The lowest BCUT2D eigenvalue weighted by molar-refractivity contribution is 0.0983. The normalized spacial score (nSPS) is 10.8. The third-order valence-electron chi connectivity index (χ3n) is 4.67. The first-order chi connectivity index (χ1) is 15.0. The molecule has 2 heterocycles. The second-order valence-corrected chi connectivity index (χ2v) is 7.85. The van der Waals surface area contributed by atoms with E-state index in [0.717, 1.165) is 4.70 Å². The van der Waals surface area contributed by atoms with Crippen molar-refractivity contribution in [2.75, 3.05) is 26.2 Å². The number of aromatic nitrogens is 1. The summed E-state index contributed by atoms with van der Waals surface area (Å²) in [6.45, 7) is 0.194. The van der Waals surface area contributed by atoms with Crippen LogP contribution in [0.2, 0.25) is 5.02 Å². The average molecular weight is 459 g/mol. The Balaban J connectivity index is 1.81. The Morgan fingerprint density at radius 3 is 2.48 bits per heavy atom. The maximum atomic E-state index is 13.5. The number of fused-ring (bicyclic) bond motifs is 1. The van der Waals surface area contributed by atoms with E-state index in [1.165, 1.54) is 18.4 Å². The summed E-state index contributed by atoms with van der Waals surface area (Å²) in [5.74, 6) is 1.92. The summed E-state index contributed by atoms with van der Waals surface area (Å²) in [5, 5.41) is 1.01. The molecule has 0 spiro atoms. The minimum absolute atomic E-state index is 0.194. The molecule has 4 rings (SSSR count). The summed E-state index contributed by atoms with van der Waals surface area (Å²) >= 11 is 7.69. The number of anilines is 1. The van der Waals surface area contributed by atoms with E-state index in [4.69, 9.17) is 30.2 Å². The van der Waals surface area contributed by atoms with E-state index >= 15 is 0 Å². The van der Waals surface area contributed by atoms with Crippen molar-refractivity contribution < 1.29 is 23.4 Å². The zero-order valence-corrected chi connectivity index (χ0v) is 18.6. The standard InChI is InChI=1S/C22H19ClN2O5S/c1-27-16-8-6-13(11-18(16)29-3)21(26)25(12-14-5-4-10-30-14)22-24-19-17(28-2)9-7-15(23)20(19)31-22/h4-11H,12H2,1-3H3. The number of thiazole rings is 1. The number of carbonyl (C=O) groups excluding carboxylic acids is 1. The summed E-state index contributed by atoms with van der Waals surface area (Å²) in [5.41, 5.74) is 1.01. The number of halogens is 1. The number of carbonyl (C=O) groups is 1. The minimum atomic E-state index is -0.272. The summed E-state index contributed by atoms with van der Waals surface area (Å²) in [6, 6.07) is 12.1. The SMILES string of the molecule is COc1ccc(C(=O)N(Cc2ccco2)c2nc3c(OC)ccc(Cl)c3s2)cc1OC. The van der Waals surface area contributed by atoms with Gasteiger partial charge in [-0.25, -0.2) is 4.98 Å². The lowest BCUT2D eigenvalue weighted by atomic mass is 10.1. The Bertz CT molecular complexity index is 1220. The van der Waals surface area contributed by atoms with Crippen LogP contribution in [0, 0.1) is 0 Å². The van der Waals surface area contributed by atoms with Gasteiger partial charge in [0.05, 0.1) is 43.9 Å². The zero-order chi connectivity index (χ0) is 22.0. The topological polar surface area (TPSA) is 74.0 Å². The van der Waals surface area contributed by atoms with Gasteiger partial charge < -0.3 is 18.6 Å². The molecule has 160 valence electrons. The molecule has 4 aromatic rings. The lowest BCUT2D eigenvalue weighted by Crippen LogP contribution is -2.30. The van der Waals surface area contributed by atoms with Crippen LogP contribution in [0.1, 0.15) is 16.1 Å². The first-order valence-corrected chi connectivity index (χ1v) is 10.4. The Morgan fingerprint density at radius 1 is 1.06 bits per heavy atom. The quantitative estimate of drug-likeness (QED) is 0.368. The van der Waals surface area contributed by atoms with Gasteiger partial charge in [-0.3, -0.25) is 9.69 Å². The van der Waals surface area contributed by atoms with Crippen LogP contribution in [-0.4, -0.2) is 32.2 Å². The highest BCUT2D eigenvalue weighted by molar-refractivity contribution is 7.23. The van der Waals surface area contributed by atoms with Crippen molar-refractivity contribution in [1.29, 1.82) is 0 Å². The molecular weight excluding hydrogens is 440 g/mol. The van der Waals surface area contributed by atoms with Crippen LogP contribution in [0.3, 0.4) is 0 Å². The Hall–Kier alpha value is -3.23. The molecule has 0 fully saturated rings. The molecular formula is C22H19ClN2O5S. The lowest BCUT2D eigenvalue weighted by Gasteiger charge is -2.19. The van der Waals surface area contributed by atoms with Crippen LogP contribution in [0.5, 0.6) is 17.2 Å². The maximum Gasteiger partial charge on any atom is 0.260 e. The number of methoxy groups -OCH3 is 3. The summed E-state index contributed by atoms with van der Waals surface area (Å²) in [7, 11) is 4.63. The van der Waals surface area contributed by atoms with Gasteiger partial charge >= 0.3 is 0 Å². The molecule has 0 aliphatic rings. The molecule has 0 N–H and O–H groups in total. The molecule has 0 aliphatic heterocycles. The van der Waals surface area contributed by atoms with Crippen LogP contribution >= 0.6 is 22.9 Å². The summed E-state index contributed by atoms with van der Waals surface area (Å²) in [4.78, 5) is 19.8. The van der Waals surface area contributed by atoms with Gasteiger partial charge in [0.1, 0.15) is 17.0 Å². The molecule has 0 bridgehead atoms. The zero-order valence-electron chi connectivity index (χ0n) is 17.0. The van der Waals surface area contributed by atoms with Crippen LogP contribution < -0.4 is 19.1 Å². The third-order valence-corrected chi connectivity index (χ3v) is 6.21. The minimum Gasteiger partial charge on any atom is -0.494 e. The van der Waals surface area contributed by atoms with E-state index in [2.05, 4.69) is 4.98 Å². The Labute approximate surface area is 187 Å². The molecule has 0 radical (unpaired) electrons. The van der Waals surface area contributed by atoms with Gasteiger partial charge in [0.25, 0.3) is 5.91 Å². The van der Waals surface area contributed by atoms with E-state index in [0.29, 0.717) is 44.2 Å². The molecule has 9 heteroatoms. The fourth-order valence-corrected chi connectivity index (χ4v) is 4.38. The largest absolute Gasteiger partial charge is 0.494 e. The molecule has 0 aliphatic carbocycles. The van der Waals surface area contributed by atoms with Crippen molar-refractivity contribution in [2.45, 2.75) is 6.54 Å². The van der Waals surface area contributed by atoms with Gasteiger partial charge in [-0.05, 0) is 42.5 Å². The van der Waals surface area contributed by atoms with Gasteiger partial charge in [0, 0.05) is 5.56 Å². The average Bonchev–Trinajstić information content (AvgIpc) is 3.47. The van der Waals surface area contributed by atoms with Crippen molar-refractivity contribution in [2.24, 2.45) is 0 Å². The van der Waals surface area contributed by atoms with Crippen LogP contribution in [0.25, 0.3) is 10.2 Å². The summed E-state index contributed by atoms with van der Waals surface area (Å²) < 4.78 is 22.3. The number of amides is 1. The molecule has 2 aromatic heterocycles. The molecule has 0 saturated carbocycles. The predicted molar refractivity (Wildman–Crippen MR) is 120 cm³/mol.